The molecule has 13 rings (SSSR count). The second-order valence-corrected chi connectivity index (χ2v) is 34.1. The van der Waals surface area contributed by atoms with Gasteiger partial charge in [-0.05, 0) is 267 Å². The predicted octanol–water partition coefficient (Wildman–Crippen LogP) is 17.0. The molecule has 0 bridgehead atoms. The Morgan fingerprint density at radius 3 is 1.21 bits per heavy atom. The van der Waals surface area contributed by atoms with Crippen molar-refractivity contribution in [2.75, 3.05) is 71.5 Å². The zero-order valence-electron chi connectivity index (χ0n) is 79.6. The summed E-state index contributed by atoms with van der Waals surface area (Å²) in [4.78, 5) is 162. The number of esters is 8. The van der Waals surface area contributed by atoms with Gasteiger partial charge in [-0.3, -0.25) is 68.2 Å². The summed E-state index contributed by atoms with van der Waals surface area (Å²) in [7, 11) is 0. The van der Waals surface area contributed by atoms with Gasteiger partial charge in [0.1, 0.15) is 25.9 Å². The van der Waals surface area contributed by atoms with E-state index in [4.69, 9.17) is 142 Å². The maximum absolute atomic E-state index is 12.7. The molecule has 3 unspecified atom stereocenters. The van der Waals surface area contributed by atoms with E-state index in [0.29, 0.717) is 57.8 Å². The van der Waals surface area contributed by atoms with Crippen LogP contribution in [0.5, 0.6) is 0 Å². The van der Waals surface area contributed by atoms with Crippen LogP contribution in [0.1, 0.15) is 184 Å². The number of carbonyl (C=O) groups is 13. The van der Waals surface area contributed by atoms with Crippen molar-refractivity contribution in [3.8, 4) is 0 Å². The van der Waals surface area contributed by atoms with Crippen LogP contribution in [-0.2, 0) is 118 Å². The molecule has 0 radical (unpaired) electrons. The molecule has 740 valence electrons. The number of carboxylic acids is 1. The molecule has 38 heteroatoms. The Hall–Kier alpha value is -9.41. The summed E-state index contributed by atoms with van der Waals surface area (Å²) < 4.78 is 40.0. The van der Waals surface area contributed by atoms with Crippen molar-refractivity contribution >= 4 is 230 Å². The fourth-order valence-electron chi connectivity index (χ4n) is 14.2. The molecule has 1 saturated carbocycles. The third kappa shape index (κ3) is 33.9. The number of aliphatic carboxylic acids is 1. The number of anilines is 1. The summed E-state index contributed by atoms with van der Waals surface area (Å²) in [5.74, 6) is -3.15. The molecule has 9 aromatic rings. The van der Waals surface area contributed by atoms with Gasteiger partial charge in [-0.15, -0.1) is 6.61 Å². The van der Waals surface area contributed by atoms with E-state index in [9.17, 15) is 62.3 Å². The number of nitrogens with two attached hydrogens (primary N) is 1. The van der Waals surface area contributed by atoms with Gasteiger partial charge < -0.3 is 73.6 Å². The van der Waals surface area contributed by atoms with Gasteiger partial charge in [-0.25, -0.2) is 0 Å². The van der Waals surface area contributed by atoms with E-state index in [-0.39, 0.29) is 125 Å². The fraction of sp³-hybridized carbons (Fsp3) is 0.424. The molecule has 3 aromatic heterocycles. The van der Waals surface area contributed by atoms with Gasteiger partial charge in [0.25, 0.3) is 0 Å². The number of aliphatic hydroxyl groups excluding tert-OH is 1. The van der Waals surface area contributed by atoms with Gasteiger partial charge in [-0.2, -0.15) is 0 Å². The van der Waals surface area contributed by atoms with E-state index >= 15 is 0 Å². The molecular weight excluding hydrogens is 1950 g/mol. The molecule has 3 heterocycles. The monoisotopic (exact) mass is 2060 g/mol. The molecule has 4 aliphatic rings. The minimum absolute atomic E-state index is 0. The number of H-pyrrole nitrogens is 3. The molecule has 8 N–H and O–H groups in total. The first kappa shape index (κ1) is 122. The number of halogens is 8. The smallest absolute Gasteiger partial charge is 0.855 e. The van der Waals surface area contributed by atoms with Crippen LogP contribution in [0.15, 0.2) is 148 Å². The number of aromatic amines is 3. The first-order chi connectivity index (χ1) is 64.5. The number of carbonyl (C=O) groups excluding carboxylic acids is 12. The Kier molecular flexibility index (Phi) is 53.8. The molecule has 6 aromatic carbocycles. The average Bonchev–Trinajstić information content (AvgIpc) is 1.65. The van der Waals surface area contributed by atoms with Crippen LogP contribution in [-0.4, -0.2) is 168 Å². The number of Topliss-reactive ketones (excluding diaryl/α,β-unsaturated/α-hetero) is 3. The Labute approximate surface area is 858 Å². The largest absolute Gasteiger partial charge is 1.00 e. The second-order valence-electron chi connectivity index (χ2n) is 30.8. The second kappa shape index (κ2) is 60.6. The number of hydrogen-bond donors (Lipinski definition) is 7. The van der Waals surface area contributed by atoms with Crippen molar-refractivity contribution in [1.82, 2.24) is 15.0 Å². The number of rotatable bonds is 22. The number of ether oxygens (including phenoxy) is 8. The van der Waals surface area contributed by atoms with Gasteiger partial charge >= 0.3 is 83.3 Å². The van der Waals surface area contributed by atoms with Gasteiger partial charge in [0.05, 0.1) is 58.8 Å². The van der Waals surface area contributed by atoms with Gasteiger partial charge in [0.15, 0.2) is 27.9 Å². The molecule has 3 atom stereocenters. The zero-order chi connectivity index (χ0) is 102. The minimum atomic E-state index is -1.53. The SMILES string of the molecule is CC(C(=O)O)c1ccc2c(c1)[nH]c1ccc(Cl)cc12.CCO.CCOC(=O)C(C)(C(=O)OCC)C1CCCC(=O)C1.CCOC(=O)C(C)(C(=O)OCC)C1CCc2c([nH]c3ccc(Cl)cc23)C1.CCOC(=O)C(C)(C(=O)OCC)c1ccc2c(c1)[nH]c1ccc(Cl)cc12.CCOC(=O)C(C)C(=O)OCC.CC[O-].NNc1ccc(Cl)cc1.O=C1C(Cl)=C(Cl)C(=O)C(Cl)=C1Cl.O=C1C=CCCC1.[Na+]. The third-order valence-corrected chi connectivity index (χ3v) is 24.2. The van der Waals surface area contributed by atoms with Crippen LogP contribution in [0.25, 0.3) is 54.5 Å². The number of nitrogens with one attached hydrogen (secondary N) is 4. The van der Waals surface area contributed by atoms with E-state index in [1.807, 2.05) is 97.1 Å². The molecule has 0 aliphatic heterocycles. The molecule has 1 fully saturated rings. The quantitative estimate of drug-likeness (QED) is 0.00630. The van der Waals surface area contributed by atoms with Crippen LogP contribution >= 0.6 is 92.8 Å². The number of aromatic nitrogens is 3. The van der Waals surface area contributed by atoms with E-state index < -0.39 is 114 Å². The van der Waals surface area contributed by atoms with Crippen molar-refractivity contribution in [3.05, 3.63) is 190 Å². The van der Waals surface area contributed by atoms with E-state index in [1.165, 1.54) is 26.3 Å². The third-order valence-electron chi connectivity index (χ3n) is 21.6. The molecule has 137 heavy (non-hydrogen) atoms. The maximum Gasteiger partial charge on any atom is 1.00 e. The fourth-order valence-corrected chi connectivity index (χ4v) is 15.7. The molecule has 29 nitrogen and oxygen atoms in total. The first-order valence-electron chi connectivity index (χ1n) is 44.1. The van der Waals surface area contributed by atoms with Crippen LogP contribution < -0.4 is 45.9 Å². The van der Waals surface area contributed by atoms with Crippen molar-refractivity contribution in [3.63, 3.8) is 0 Å². The Morgan fingerprint density at radius 2 is 0.839 bits per heavy atom. The van der Waals surface area contributed by atoms with Crippen LogP contribution in [0.2, 0.25) is 20.1 Å². The number of ketones is 4. The normalized spacial score (nSPS) is 14.4. The summed E-state index contributed by atoms with van der Waals surface area (Å²) >= 11 is 45.3. The molecule has 0 amide bonds. The number of hydrazine groups is 1. The molecule has 4 aliphatic carbocycles. The zero-order valence-corrected chi connectivity index (χ0v) is 87.6. The number of fused-ring (bicyclic) bond motifs is 9. The standard InChI is InChI=1S/C20H24ClNO4.C20H20ClNO4.C15H12ClNO2.C14H22O5.C8H14O4.C6Cl4O2.C6H7ClN2.C6H8O.C2H6O.C2H5O.Na/c2*1-4-25-18(23)20(3,19(24)26-5-2)12-6-8-14-15-11-13(21)7-9-16(15)22-17(14)10-12;1-8(15(18)19)9-2-4-11-12-7-10(16)3-5-13(12)17-14(11)6-9;1-4-18-12(16)14(3,13(17)19-5-2)10-7-6-8-11(15)9-10;1-4-11-7(9)6(3)8(10)12-5-2;7-1-2(8)6(12)4(10)3(9)5(1)11;7-5-1-3-6(9-8)4-2-5;7-6-4-2-1-3-5-6;2*1-2-3;/h7,9,11-12,22H,4-6,8,10H2,1-3H3;6-11,22H,4-5H2,1-3H3;2-8,17H,1H3,(H,18,19);10H,4-9H2,1-3H3;6H,4-5H2,1-3H3;;1-4,9H,8H2;2,4H,1,3,5H2;3H,2H2,1H3;2H2,1H3;/q;;;;;;;;;-1;+1. The van der Waals surface area contributed by atoms with Crippen molar-refractivity contribution < 1.29 is 145 Å². The number of aliphatic hydroxyl groups is 1. The topological polar surface area (TPSA) is 445 Å². The number of allylic oxidation sites excluding steroid dienone is 6. The molecular formula is C99H118Cl8N5NaO24. The van der Waals surface area contributed by atoms with E-state index in [2.05, 4.69) is 29.9 Å². The predicted molar refractivity (Wildman–Crippen MR) is 527 cm³/mol. The summed E-state index contributed by atoms with van der Waals surface area (Å²) in [5, 5.41) is 31.9. The van der Waals surface area contributed by atoms with Gasteiger partial charge in [-0.1, -0.05) is 130 Å². The van der Waals surface area contributed by atoms with Crippen molar-refractivity contribution in [2.45, 2.75) is 179 Å². The summed E-state index contributed by atoms with van der Waals surface area (Å²) in [5.41, 5.74) is 7.40. The first-order valence-corrected chi connectivity index (χ1v) is 47.1. The van der Waals surface area contributed by atoms with Gasteiger partial charge in [0, 0.05) is 112 Å². The van der Waals surface area contributed by atoms with Gasteiger partial charge in [0.2, 0.25) is 11.6 Å². The maximum atomic E-state index is 12.7. The summed E-state index contributed by atoms with van der Waals surface area (Å²) in [6.45, 7) is 26.8. The van der Waals surface area contributed by atoms with Crippen molar-refractivity contribution in [2.24, 2.45) is 34.4 Å². The number of carboxylic acid groups (broad SMARTS) is 1. The average molecular weight is 2070 g/mol. The number of hydrogen-bond acceptors (Lipinski definition) is 25. The Balaban J connectivity index is 0.000000411. The molecule has 0 saturated heterocycles. The van der Waals surface area contributed by atoms with E-state index in [0.717, 1.165) is 97.1 Å². The number of benzene rings is 6. The Morgan fingerprint density at radius 1 is 0.460 bits per heavy atom. The Bertz CT molecular complexity index is 5610. The minimum Gasteiger partial charge on any atom is -0.855 e. The van der Waals surface area contributed by atoms with Crippen LogP contribution in [0.3, 0.4) is 0 Å². The van der Waals surface area contributed by atoms with Crippen molar-refractivity contribution in [1.29, 1.82) is 0 Å². The van der Waals surface area contributed by atoms with E-state index in [1.54, 1.807) is 113 Å². The summed E-state index contributed by atoms with van der Waals surface area (Å²) in [6.07, 6.45) is 10.7. The van der Waals surface area contributed by atoms with Crippen LogP contribution in [0, 0.1) is 28.6 Å². The molecule has 0 spiro atoms. The number of nitrogen functional groups attached to an aromatic ring is 1. The number of aryl methyl sites for hydroxylation is 1. The van der Waals surface area contributed by atoms with Crippen LogP contribution in [0.4, 0.5) is 5.69 Å². The summed E-state index contributed by atoms with van der Waals surface area (Å²) in [6, 6.07) is 35.3.